The van der Waals surface area contributed by atoms with Crippen LogP contribution in [0.25, 0.3) is 0 Å². The number of aromatic nitrogens is 1. The zero-order valence-corrected chi connectivity index (χ0v) is 9.75. The summed E-state index contributed by atoms with van der Waals surface area (Å²) in [5.41, 5.74) is 0.990. The second kappa shape index (κ2) is 4.49. The first-order chi connectivity index (χ1) is 5.81. The third-order valence-electron chi connectivity index (χ3n) is 2.07. The zero-order chi connectivity index (χ0) is 8.55. The maximum atomic E-state index is 5.67. The Bertz CT molecular complexity index is 273. The highest BCUT2D eigenvalue weighted by Gasteiger charge is 2.27. The van der Waals surface area contributed by atoms with Crippen LogP contribution in [-0.2, 0) is 5.88 Å². The molecule has 1 saturated carbocycles. The van der Waals surface area contributed by atoms with Crippen LogP contribution in [0.2, 0.25) is 0 Å². The second-order valence-electron chi connectivity index (χ2n) is 3.10. The average molecular weight is 239 g/mol. The Morgan fingerprint density at radius 3 is 2.85 bits per heavy atom. The van der Waals surface area contributed by atoms with E-state index in [1.165, 1.54) is 12.8 Å². The van der Waals surface area contributed by atoms with E-state index in [2.05, 4.69) is 16.9 Å². The van der Waals surface area contributed by atoms with Gasteiger partial charge < -0.3 is 4.90 Å². The van der Waals surface area contributed by atoms with Crippen molar-refractivity contribution in [2.24, 2.45) is 0 Å². The van der Waals surface area contributed by atoms with Gasteiger partial charge in [0.2, 0.25) is 0 Å². The summed E-state index contributed by atoms with van der Waals surface area (Å²) in [6, 6.07) is 0.735. The minimum Gasteiger partial charge on any atom is -0.348 e. The average Bonchev–Trinajstić information content (AvgIpc) is 2.82. The molecule has 0 N–H and O–H groups in total. The van der Waals surface area contributed by atoms with E-state index < -0.39 is 0 Å². The van der Waals surface area contributed by atoms with Crippen LogP contribution < -0.4 is 4.90 Å². The Balaban J connectivity index is 0.000000845. The summed E-state index contributed by atoms with van der Waals surface area (Å²) in [6.45, 7) is 0. The molecule has 1 heterocycles. The number of hydrogen-bond donors (Lipinski definition) is 0. The van der Waals surface area contributed by atoms with Gasteiger partial charge in [-0.05, 0) is 12.8 Å². The Hall–Kier alpha value is 0.01000. The lowest BCUT2D eigenvalue weighted by Gasteiger charge is -2.13. The van der Waals surface area contributed by atoms with E-state index in [4.69, 9.17) is 11.6 Å². The van der Waals surface area contributed by atoms with Gasteiger partial charge in [-0.3, -0.25) is 0 Å². The molecule has 2 rings (SSSR count). The van der Waals surface area contributed by atoms with Gasteiger partial charge in [0.15, 0.2) is 5.13 Å². The molecule has 13 heavy (non-hydrogen) atoms. The van der Waals surface area contributed by atoms with Gasteiger partial charge in [0.25, 0.3) is 0 Å². The molecular weight excluding hydrogens is 227 g/mol. The summed E-state index contributed by atoms with van der Waals surface area (Å²) >= 11 is 7.35. The normalized spacial score (nSPS) is 15.2. The van der Waals surface area contributed by atoms with E-state index in [9.17, 15) is 0 Å². The van der Waals surface area contributed by atoms with E-state index in [0.29, 0.717) is 5.88 Å². The molecule has 0 radical (unpaired) electrons. The topological polar surface area (TPSA) is 16.1 Å². The van der Waals surface area contributed by atoms with Crippen molar-refractivity contribution in [3.63, 3.8) is 0 Å². The summed E-state index contributed by atoms with van der Waals surface area (Å²) in [4.78, 5) is 6.65. The monoisotopic (exact) mass is 238 g/mol. The number of anilines is 1. The molecule has 0 aromatic carbocycles. The number of rotatable bonds is 3. The highest BCUT2D eigenvalue weighted by atomic mass is 35.5. The zero-order valence-electron chi connectivity index (χ0n) is 7.36. The molecular formula is C8H12Cl2N2S. The quantitative estimate of drug-likeness (QED) is 0.754. The van der Waals surface area contributed by atoms with Gasteiger partial charge in [-0.25, -0.2) is 4.98 Å². The smallest absolute Gasteiger partial charge is 0.185 e. The number of alkyl halides is 1. The van der Waals surface area contributed by atoms with E-state index in [0.717, 1.165) is 16.9 Å². The third kappa shape index (κ3) is 2.48. The minimum atomic E-state index is 0. The summed E-state index contributed by atoms with van der Waals surface area (Å²) in [6.07, 6.45) is 2.62. The molecule has 0 spiro atoms. The third-order valence-corrected chi connectivity index (χ3v) is 3.33. The number of hydrogen-bond acceptors (Lipinski definition) is 3. The molecule has 0 bridgehead atoms. The van der Waals surface area contributed by atoms with Gasteiger partial charge >= 0.3 is 0 Å². The standard InChI is InChI=1S/C8H11ClN2S.ClH/c1-11(7-2-3-7)8-10-6(4-9)5-12-8;/h5,7H,2-4H2,1H3;1H. The van der Waals surface area contributed by atoms with Gasteiger partial charge in [0.1, 0.15) is 0 Å². The van der Waals surface area contributed by atoms with Crippen LogP contribution in [0.3, 0.4) is 0 Å². The first-order valence-corrected chi connectivity index (χ1v) is 5.46. The highest BCUT2D eigenvalue weighted by molar-refractivity contribution is 7.13. The van der Waals surface area contributed by atoms with Crippen LogP contribution in [0.5, 0.6) is 0 Å². The first kappa shape index (κ1) is 11.1. The van der Waals surface area contributed by atoms with Crippen LogP contribution in [0.15, 0.2) is 5.38 Å². The SMILES string of the molecule is CN(c1nc(CCl)cs1)C1CC1.Cl. The molecule has 1 aliphatic rings. The van der Waals surface area contributed by atoms with Gasteiger partial charge in [0, 0.05) is 18.5 Å². The van der Waals surface area contributed by atoms with Gasteiger partial charge in [-0.15, -0.1) is 35.3 Å². The van der Waals surface area contributed by atoms with Crippen molar-refractivity contribution in [3.05, 3.63) is 11.1 Å². The van der Waals surface area contributed by atoms with Crippen LogP contribution >= 0.6 is 35.3 Å². The summed E-state index contributed by atoms with van der Waals surface area (Å²) in [7, 11) is 2.11. The molecule has 2 nitrogen and oxygen atoms in total. The largest absolute Gasteiger partial charge is 0.348 e. The number of thiazole rings is 1. The van der Waals surface area contributed by atoms with Gasteiger partial charge in [0.05, 0.1) is 11.6 Å². The number of halogens is 2. The van der Waals surface area contributed by atoms with E-state index in [1.807, 2.05) is 5.38 Å². The molecule has 1 fully saturated rings. The fourth-order valence-corrected chi connectivity index (χ4v) is 2.23. The van der Waals surface area contributed by atoms with Crippen LogP contribution in [0.4, 0.5) is 5.13 Å². The highest BCUT2D eigenvalue weighted by Crippen LogP contribution is 2.31. The van der Waals surface area contributed by atoms with Crippen LogP contribution in [0, 0.1) is 0 Å². The van der Waals surface area contributed by atoms with Crippen molar-refractivity contribution in [1.29, 1.82) is 0 Å². The molecule has 0 atom stereocenters. The first-order valence-electron chi connectivity index (χ1n) is 4.04. The van der Waals surface area contributed by atoms with Crippen molar-refractivity contribution in [3.8, 4) is 0 Å². The predicted octanol–water partition coefficient (Wildman–Crippen LogP) is 2.90. The van der Waals surface area contributed by atoms with Crippen molar-refractivity contribution in [2.75, 3.05) is 11.9 Å². The molecule has 0 saturated heterocycles. The minimum absolute atomic E-state index is 0. The summed E-state index contributed by atoms with van der Waals surface area (Å²) in [5.74, 6) is 0.523. The van der Waals surface area contributed by atoms with E-state index in [1.54, 1.807) is 11.3 Å². The lowest BCUT2D eigenvalue weighted by atomic mass is 10.6. The lowest BCUT2D eigenvalue weighted by Crippen LogP contribution is -2.18. The molecule has 0 unspecified atom stereocenters. The molecule has 0 amide bonds. The summed E-state index contributed by atoms with van der Waals surface area (Å²) < 4.78 is 0. The van der Waals surface area contributed by atoms with Crippen LogP contribution in [0.1, 0.15) is 18.5 Å². The predicted molar refractivity (Wildman–Crippen MR) is 60.3 cm³/mol. The van der Waals surface area contributed by atoms with Crippen LogP contribution in [-0.4, -0.2) is 18.1 Å². The maximum absolute atomic E-state index is 5.67. The molecule has 0 aliphatic heterocycles. The Kier molecular flexibility index (Phi) is 3.83. The molecule has 1 aliphatic carbocycles. The maximum Gasteiger partial charge on any atom is 0.185 e. The van der Waals surface area contributed by atoms with Gasteiger partial charge in [-0.1, -0.05) is 0 Å². The molecule has 5 heteroatoms. The van der Waals surface area contributed by atoms with Crippen molar-refractivity contribution in [2.45, 2.75) is 24.8 Å². The van der Waals surface area contributed by atoms with Crippen molar-refractivity contribution >= 4 is 40.5 Å². The number of nitrogens with zero attached hydrogens (tertiary/aromatic N) is 2. The van der Waals surface area contributed by atoms with E-state index in [-0.39, 0.29) is 12.4 Å². The molecule has 1 aromatic rings. The Morgan fingerprint density at radius 1 is 1.69 bits per heavy atom. The second-order valence-corrected chi connectivity index (χ2v) is 4.20. The fourth-order valence-electron chi connectivity index (χ4n) is 1.14. The van der Waals surface area contributed by atoms with Crippen molar-refractivity contribution < 1.29 is 0 Å². The Morgan fingerprint density at radius 2 is 2.38 bits per heavy atom. The van der Waals surface area contributed by atoms with Gasteiger partial charge in [-0.2, -0.15) is 0 Å². The molecule has 74 valence electrons. The Labute approximate surface area is 93.3 Å². The molecule has 1 aromatic heterocycles. The fraction of sp³-hybridized carbons (Fsp3) is 0.625. The van der Waals surface area contributed by atoms with E-state index >= 15 is 0 Å². The van der Waals surface area contributed by atoms with Crippen molar-refractivity contribution in [1.82, 2.24) is 4.98 Å². The lowest BCUT2D eigenvalue weighted by molar-refractivity contribution is 0.904. The summed E-state index contributed by atoms with van der Waals surface area (Å²) in [5, 5.41) is 3.13.